The molecule has 0 aliphatic carbocycles. The van der Waals surface area contributed by atoms with Crippen LogP contribution in [0.15, 0.2) is 28.6 Å². The van der Waals surface area contributed by atoms with Crippen molar-refractivity contribution < 1.29 is 33.2 Å². The van der Waals surface area contributed by atoms with Gasteiger partial charge in [-0.3, -0.25) is 14.5 Å². The number of aromatic nitrogens is 2. The number of likely N-dealkylation sites (N-methyl/N-ethyl adjacent to an activating group) is 1. The molecule has 36 heavy (non-hydrogen) atoms. The van der Waals surface area contributed by atoms with E-state index in [0.717, 1.165) is 48.7 Å². The van der Waals surface area contributed by atoms with Gasteiger partial charge in [0.25, 0.3) is 18.7 Å². The van der Waals surface area contributed by atoms with Crippen molar-refractivity contribution in [3.63, 3.8) is 0 Å². The maximum atomic E-state index is 12.9. The molecule has 1 aromatic heterocycles. The van der Waals surface area contributed by atoms with Gasteiger partial charge in [-0.1, -0.05) is 11.2 Å². The lowest BCUT2D eigenvalue weighted by Crippen LogP contribution is -2.71. The van der Waals surface area contributed by atoms with Crippen molar-refractivity contribution in [1.29, 1.82) is 0 Å². The summed E-state index contributed by atoms with van der Waals surface area (Å²) in [5.41, 5.74) is 5.53. The van der Waals surface area contributed by atoms with Crippen LogP contribution in [0.25, 0.3) is 0 Å². The first kappa shape index (κ1) is 26.0. The van der Waals surface area contributed by atoms with Crippen LogP contribution >= 0.6 is 23.3 Å². The minimum Gasteiger partial charge on any atom is -0.477 e. The van der Waals surface area contributed by atoms with Crippen molar-refractivity contribution in [3.05, 3.63) is 29.2 Å². The highest BCUT2D eigenvalue weighted by atomic mass is 32.2. The highest BCUT2D eigenvalue weighted by molar-refractivity contribution is 8.00. The first-order chi connectivity index (χ1) is 17.2. The Morgan fingerprint density at radius 3 is 2.83 bits per heavy atom. The molecule has 2 atom stereocenters. The van der Waals surface area contributed by atoms with Crippen LogP contribution in [-0.2, 0) is 19.2 Å². The van der Waals surface area contributed by atoms with Crippen molar-refractivity contribution in [3.8, 4) is 0 Å². The number of nitrogen functional groups attached to an aromatic ring is 1. The lowest BCUT2D eigenvalue weighted by atomic mass is 10.0. The molecule has 1 aromatic rings. The summed E-state index contributed by atoms with van der Waals surface area (Å²) < 4.78 is 17.2. The summed E-state index contributed by atoms with van der Waals surface area (Å²) in [5, 5.41) is 18.5. The van der Waals surface area contributed by atoms with E-state index in [1.165, 1.54) is 16.7 Å². The van der Waals surface area contributed by atoms with Gasteiger partial charge in [-0.25, -0.2) is 9.18 Å². The summed E-state index contributed by atoms with van der Waals surface area (Å²) in [5.74, 6) is -2.51. The van der Waals surface area contributed by atoms with Crippen LogP contribution in [0.4, 0.5) is 9.52 Å². The number of nitrogens with zero attached hydrogens (tertiary/aromatic N) is 5. The minimum atomic E-state index is -1.29. The van der Waals surface area contributed by atoms with E-state index in [1.807, 2.05) is 6.08 Å². The van der Waals surface area contributed by atoms with Crippen LogP contribution in [0.1, 0.15) is 5.82 Å². The predicted molar refractivity (Wildman–Crippen MR) is 130 cm³/mol. The summed E-state index contributed by atoms with van der Waals surface area (Å²) in [7, 11) is 2.15. The van der Waals surface area contributed by atoms with Crippen LogP contribution < -0.4 is 16.4 Å². The molecule has 0 aromatic carbocycles. The number of thioether (sulfide) groups is 1. The van der Waals surface area contributed by atoms with Gasteiger partial charge in [0.2, 0.25) is 11.5 Å². The van der Waals surface area contributed by atoms with Gasteiger partial charge < -0.3 is 30.8 Å². The lowest BCUT2D eigenvalue weighted by Gasteiger charge is -2.49. The summed E-state index contributed by atoms with van der Waals surface area (Å²) in [6.07, 6.45) is 3.73. The molecule has 3 aliphatic heterocycles. The molecule has 4 rings (SSSR count). The number of carbonyl (C=O) groups excluding carboxylic acids is 2. The number of rotatable bonds is 9. The predicted octanol–water partition coefficient (Wildman–Crippen LogP) is -0.887. The van der Waals surface area contributed by atoms with Crippen molar-refractivity contribution in [1.82, 2.24) is 24.9 Å². The standard InChI is InChI=1S/C20H25FN8O5S2/c1-29(7-4-23-5-8-29)6-2-3-11-9-35-18-13(17(31)28(18)14(11)19(32)33)24-16(30)12(26-34-10-21)15-25-20(22)36-27-15/h2-3,13,18,23H,4-10H2,1H3,(H3-,22,24,25,27,30,32,33)/p+1/b3-2+,26-12-/t13-,18-/m1/s1. The molecule has 194 valence electrons. The average Bonchev–Trinajstić information content (AvgIpc) is 3.28. The number of allylic oxidation sites excluding steroid dienone is 1. The largest absolute Gasteiger partial charge is 0.477 e. The molecule has 0 bridgehead atoms. The third-order valence-electron chi connectivity index (χ3n) is 6.08. The Morgan fingerprint density at radius 1 is 1.44 bits per heavy atom. The number of halogens is 1. The van der Waals surface area contributed by atoms with Crippen LogP contribution in [0.3, 0.4) is 0 Å². The molecule has 0 saturated carbocycles. The molecule has 2 saturated heterocycles. The zero-order valence-electron chi connectivity index (χ0n) is 19.3. The van der Waals surface area contributed by atoms with E-state index in [2.05, 4.69) is 37.0 Å². The molecule has 2 fully saturated rings. The minimum absolute atomic E-state index is 0.0595. The number of carboxylic acid groups (broad SMARTS) is 1. The fraction of sp³-hybridized carbons (Fsp3) is 0.500. The number of aliphatic carboxylic acids is 1. The second kappa shape index (κ2) is 10.9. The van der Waals surface area contributed by atoms with Crippen LogP contribution in [0.2, 0.25) is 0 Å². The molecule has 0 radical (unpaired) electrons. The first-order valence-electron chi connectivity index (χ1n) is 11.0. The van der Waals surface area contributed by atoms with Gasteiger partial charge in [0.05, 0.1) is 26.7 Å². The Balaban J connectivity index is 1.47. The Hall–Kier alpha value is -3.08. The number of amides is 2. The van der Waals surface area contributed by atoms with Gasteiger partial charge in [0.1, 0.15) is 17.1 Å². The van der Waals surface area contributed by atoms with Gasteiger partial charge in [-0.2, -0.15) is 9.36 Å². The van der Waals surface area contributed by atoms with Gasteiger partial charge in [0.15, 0.2) is 5.13 Å². The maximum Gasteiger partial charge on any atom is 0.352 e. The number of piperazine rings is 1. The van der Waals surface area contributed by atoms with Crippen LogP contribution in [0, 0.1) is 0 Å². The van der Waals surface area contributed by atoms with Gasteiger partial charge in [0, 0.05) is 30.4 Å². The van der Waals surface area contributed by atoms with Gasteiger partial charge in [-0.05, 0) is 11.6 Å². The van der Waals surface area contributed by atoms with Gasteiger partial charge in [-0.15, -0.1) is 11.8 Å². The lowest BCUT2D eigenvalue weighted by molar-refractivity contribution is -0.905. The number of nitrogens with two attached hydrogens (primary N) is 1. The Labute approximate surface area is 214 Å². The number of carboxylic acids is 1. The van der Waals surface area contributed by atoms with E-state index < -0.39 is 41.8 Å². The number of alkyl halides is 1. The number of fused-ring (bicyclic) bond motifs is 1. The average molecular weight is 542 g/mol. The third-order valence-corrected chi connectivity index (χ3v) is 7.93. The summed E-state index contributed by atoms with van der Waals surface area (Å²) in [4.78, 5) is 47.2. The highest BCUT2D eigenvalue weighted by Crippen LogP contribution is 2.40. The SMILES string of the molecule is C[N+]1(C/C=C/C2=C(C(=O)O)N3C(=O)[C@@H](NC(=O)/C(=N\OCF)c4nsc(N)n4)[C@H]3SC2)CCNCC1. The van der Waals surface area contributed by atoms with Crippen molar-refractivity contribution in [2.24, 2.45) is 5.16 Å². The summed E-state index contributed by atoms with van der Waals surface area (Å²) in [6.45, 7) is 3.27. The topological polar surface area (TPSA) is 172 Å². The Bertz CT molecular complexity index is 1130. The first-order valence-corrected chi connectivity index (χ1v) is 12.8. The number of hydrogen-bond donors (Lipinski definition) is 4. The third kappa shape index (κ3) is 5.35. The van der Waals surface area contributed by atoms with E-state index in [-0.39, 0.29) is 16.7 Å². The zero-order valence-corrected chi connectivity index (χ0v) is 21.0. The van der Waals surface area contributed by atoms with E-state index in [1.54, 1.807) is 6.08 Å². The van der Waals surface area contributed by atoms with Crippen LogP contribution in [-0.4, -0.2) is 111 Å². The number of nitrogens with one attached hydrogen (secondary N) is 2. The van der Waals surface area contributed by atoms with E-state index in [9.17, 15) is 23.9 Å². The van der Waals surface area contributed by atoms with Crippen molar-refractivity contribution in [2.75, 3.05) is 58.1 Å². The second-order valence-corrected chi connectivity index (χ2v) is 10.5. The fourth-order valence-corrected chi connectivity index (χ4v) is 5.90. The van der Waals surface area contributed by atoms with Crippen molar-refractivity contribution in [2.45, 2.75) is 11.4 Å². The fourth-order valence-electron chi connectivity index (χ4n) is 4.15. The van der Waals surface area contributed by atoms with E-state index in [4.69, 9.17) is 5.73 Å². The maximum absolute atomic E-state index is 12.9. The quantitative estimate of drug-likeness (QED) is 0.133. The summed E-state index contributed by atoms with van der Waals surface area (Å²) >= 11 is 2.14. The normalized spacial score (nSPS) is 23.9. The second-order valence-electron chi connectivity index (χ2n) is 8.58. The molecule has 4 heterocycles. The smallest absolute Gasteiger partial charge is 0.352 e. The molecule has 2 amide bonds. The highest BCUT2D eigenvalue weighted by Gasteiger charge is 2.54. The molecule has 5 N–H and O–H groups in total. The van der Waals surface area contributed by atoms with E-state index in [0.29, 0.717) is 11.3 Å². The number of anilines is 1. The summed E-state index contributed by atoms with van der Waals surface area (Å²) in [6, 6.07) is -1.01. The number of hydrogen-bond acceptors (Lipinski definition) is 11. The van der Waals surface area contributed by atoms with Crippen molar-refractivity contribution >= 4 is 51.9 Å². The van der Waals surface area contributed by atoms with E-state index >= 15 is 0 Å². The number of β-lactam (4-membered cyclic amide) rings is 1. The molecular formula is C20H26FN8O5S2+. The molecule has 3 aliphatic rings. The Kier molecular flexibility index (Phi) is 7.87. The van der Waals surface area contributed by atoms with Crippen LogP contribution in [0.5, 0.6) is 0 Å². The monoisotopic (exact) mass is 541 g/mol. The molecular weight excluding hydrogens is 515 g/mol. The number of quaternary nitrogens is 1. The Morgan fingerprint density at radius 2 is 2.19 bits per heavy atom. The number of oxime groups is 1. The zero-order chi connectivity index (χ0) is 25.9. The number of carbonyl (C=O) groups is 3. The van der Waals surface area contributed by atoms with Gasteiger partial charge >= 0.3 is 5.97 Å². The molecule has 16 heteroatoms. The molecule has 0 unspecified atom stereocenters. The molecule has 0 spiro atoms. The molecule has 13 nitrogen and oxygen atoms in total.